The summed E-state index contributed by atoms with van der Waals surface area (Å²) in [7, 11) is 0. The van der Waals surface area contributed by atoms with E-state index in [4.69, 9.17) is 22.1 Å². The molecule has 1 aliphatic heterocycles. The number of nitrogens with zero attached hydrogens (tertiary/aromatic N) is 4. The predicted molar refractivity (Wildman–Crippen MR) is 96.1 cm³/mol. The molecule has 128 valence electrons. The third-order valence-corrected chi connectivity index (χ3v) is 4.69. The zero-order chi connectivity index (χ0) is 17.2. The van der Waals surface area contributed by atoms with E-state index in [0.717, 1.165) is 35.7 Å². The Morgan fingerprint density at radius 2 is 2.04 bits per heavy atom. The number of nitrogens with two attached hydrogens (primary N) is 1. The van der Waals surface area contributed by atoms with Crippen molar-refractivity contribution < 1.29 is 4.74 Å². The fourth-order valence-electron chi connectivity index (χ4n) is 3.21. The Bertz CT molecular complexity index is 864. The van der Waals surface area contributed by atoms with Crippen LogP contribution in [0.25, 0.3) is 11.3 Å². The van der Waals surface area contributed by atoms with Gasteiger partial charge in [0, 0.05) is 35.4 Å². The second kappa shape index (κ2) is 6.82. The summed E-state index contributed by atoms with van der Waals surface area (Å²) in [5, 5.41) is 5.24. The van der Waals surface area contributed by atoms with Crippen molar-refractivity contribution in [3.8, 4) is 11.3 Å². The fourth-order valence-corrected chi connectivity index (χ4v) is 3.33. The molecule has 4 rings (SSSR count). The second-order valence-electron chi connectivity index (χ2n) is 6.10. The maximum Gasteiger partial charge on any atom is 0.156 e. The van der Waals surface area contributed by atoms with Crippen LogP contribution in [0.1, 0.15) is 30.6 Å². The smallest absolute Gasteiger partial charge is 0.156 e. The van der Waals surface area contributed by atoms with Gasteiger partial charge >= 0.3 is 0 Å². The Morgan fingerprint density at radius 1 is 1.20 bits per heavy atom. The molecule has 0 amide bonds. The monoisotopic (exact) mass is 355 g/mol. The maximum atomic E-state index is 6.04. The van der Waals surface area contributed by atoms with Crippen LogP contribution in [0.4, 0.5) is 5.82 Å². The van der Waals surface area contributed by atoms with Crippen molar-refractivity contribution in [3.63, 3.8) is 0 Å². The van der Waals surface area contributed by atoms with Crippen molar-refractivity contribution >= 4 is 17.4 Å². The summed E-state index contributed by atoms with van der Waals surface area (Å²) in [6.45, 7) is 0.727. The van der Waals surface area contributed by atoms with E-state index in [9.17, 15) is 0 Å². The van der Waals surface area contributed by atoms with Gasteiger partial charge in [-0.2, -0.15) is 5.10 Å². The molecule has 6 nitrogen and oxygen atoms in total. The Hall–Kier alpha value is -2.44. The number of ether oxygens (including phenoxy) is 1. The van der Waals surface area contributed by atoms with Crippen molar-refractivity contribution in [2.24, 2.45) is 0 Å². The molecule has 1 saturated heterocycles. The SMILES string of the molecule is Nc1cc(-c2cnn(C3OCCCC3c3ccc(Cl)cc3)c2)ncn1. The van der Waals surface area contributed by atoms with Crippen LogP contribution in [-0.2, 0) is 4.74 Å². The van der Waals surface area contributed by atoms with Gasteiger partial charge in [0.25, 0.3) is 0 Å². The Kier molecular flexibility index (Phi) is 4.38. The van der Waals surface area contributed by atoms with Gasteiger partial charge in [-0.3, -0.25) is 0 Å². The van der Waals surface area contributed by atoms with Crippen LogP contribution in [0.2, 0.25) is 5.02 Å². The minimum Gasteiger partial charge on any atom is -0.384 e. The molecular weight excluding hydrogens is 338 g/mol. The number of hydrogen-bond acceptors (Lipinski definition) is 5. The molecule has 2 aromatic heterocycles. The summed E-state index contributed by atoms with van der Waals surface area (Å²) >= 11 is 6.02. The zero-order valence-corrected chi connectivity index (χ0v) is 14.3. The molecule has 3 heterocycles. The highest BCUT2D eigenvalue weighted by molar-refractivity contribution is 6.30. The standard InChI is InChI=1S/C18H18ClN5O/c19-14-5-3-12(4-6-14)15-2-1-7-25-18(15)24-10-13(9-23-24)16-8-17(20)22-11-21-16/h3-6,8-11,15,18H,1-2,7H2,(H2,20,21,22). The quantitative estimate of drug-likeness (QED) is 0.775. The number of aromatic nitrogens is 4. The number of nitrogen functional groups attached to an aromatic ring is 1. The van der Waals surface area contributed by atoms with Crippen LogP contribution < -0.4 is 5.73 Å². The minimum atomic E-state index is -0.150. The van der Waals surface area contributed by atoms with E-state index < -0.39 is 0 Å². The van der Waals surface area contributed by atoms with Crippen LogP contribution in [-0.4, -0.2) is 26.4 Å². The van der Waals surface area contributed by atoms with Gasteiger partial charge in [0.2, 0.25) is 0 Å². The van der Waals surface area contributed by atoms with E-state index in [1.807, 2.05) is 23.0 Å². The first-order valence-corrected chi connectivity index (χ1v) is 8.57. The van der Waals surface area contributed by atoms with Crippen LogP contribution in [0, 0.1) is 0 Å². The van der Waals surface area contributed by atoms with Gasteiger partial charge in [0.05, 0.1) is 11.9 Å². The van der Waals surface area contributed by atoms with E-state index in [1.54, 1.807) is 12.3 Å². The van der Waals surface area contributed by atoms with E-state index >= 15 is 0 Å². The topological polar surface area (TPSA) is 78.8 Å². The number of benzene rings is 1. The lowest BCUT2D eigenvalue weighted by Gasteiger charge is -2.32. The molecule has 0 saturated carbocycles. The van der Waals surface area contributed by atoms with Gasteiger partial charge in [-0.05, 0) is 30.5 Å². The van der Waals surface area contributed by atoms with Gasteiger partial charge in [-0.1, -0.05) is 23.7 Å². The summed E-state index contributed by atoms with van der Waals surface area (Å²) in [4.78, 5) is 8.18. The lowest BCUT2D eigenvalue weighted by atomic mass is 9.91. The molecule has 0 bridgehead atoms. The predicted octanol–water partition coefficient (Wildman–Crippen LogP) is 3.67. The highest BCUT2D eigenvalue weighted by Gasteiger charge is 2.29. The molecule has 2 atom stereocenters. The molecule has 2 N–H and O–H groups in total. The number of hydrogen-bond donors (Lipinski definition) is 1. The van der Waals surface area contributed by atoms with Crippen molar-refractivity contribution in [3.05, 3.63) is 59.6 Å². The first kappa shape index (κ1) is 16.1. The zero-order valence-electron chi connectivity index (χ0n) is 13.5. The minimum absolute atomic E-state index is 0.150. The van der Waals surface area contributed by atoms with E-state index in [2.05, 4.69) is 27.2 Å². The maximum absolute atomic E-state index is 6.04. The Morgan fingerprint density at radius 3 is 2.84 bits per heavy atom. The van der Waals surface area contributed by atoms with Crippen LogP contribution in [0.3, 0.4) is 0 Å². The van der Waals surface area contributed by atoms with Crippen molar-refractivity contribution in [1.29, 1.82) is 0 Å². The summed E-state index contributed by atoms with van der Waals surface area (Å²) in [6.07, 6.45) is 7.10. The average Bonchev–Trinajstić information content (AvgIpc) is 3.12. The molecule has 0 spiro atoms. The van der Waals surface area contributed by atoms with Crippen molar-refractivity contribution in [2.45, 2.75) is 25.0 Å². The molecule has 0 aliphatic carbocycles. The Balaban J connectivity index is 1.64. The van der Waals surface area contributed by atoms with Crippen LogP contribution >= 0.6 is 11.6 Å². The van der Waals surface area contributed by atoms with E-state index in [0.29, 0.717) is 5.82 Å². The number of rotatable bonds is 3. The second-order valence-corrected chi connectivity index (χ2v) is 6.54. The molecule has 1 aliphatic rings. The molecule has 1 fully saturated rings. The van der Waals surface area contributed by atoms with Gasteiger partial charge in [0.15, 0.2) is 6.23 Å². The molecule has 2 unspecified atom stereocenters. The number of halogens is 1. The van der Waals surface area contributed by atoms with Crippen molar-refractivity contribution in [2.75, 3.05) is 12.3 Å². The third-order valence-electron chi connectivity index (χ3n) is 4.44. The van der Waals surface area contributed by atoms with Gasteiger partial charge in [-0.25, -0.2) is 14.6 Å². The third kappa shape index (κ3) is 3.36. The Labute approximate surface area is 150 Å². The lowest BCUT2D eigenvalue weighted by Crippen LogP contribution is -2.26. The molecule has 25 heavy (non-hydrogen) atoms. The summed E-state index contributed by atoms with van der Waals surface area (Å²) < 4.78 is 7.91. The van der Waals surface area contributed by atoms with Gasteiger partial charge < -0.3 is 10.5 Å². The number of anilines is 1. The average molecular weight is 356 g/mol. The molecule has 1 aromatic carbocycles. The van der Waals surface area contributed by atoms with Gasteiger partial charge in [0.1, 0.15) is 12.1 Å². The lowest BCUT2D eigenvalue weighted by molar-refractivity contribution is -0.0559. The summed E-state index contributed by atoms with van der Waals surface area (Å²) in [5.41, 5.74) is 8.58. The van der Waals surface area contributed by atoms with Gasteiger partial charge in [-0.15, -0.1) is 0 Å². The van der Waals surface area contributed by atoms with Crippen LogP contribution in [0.15, 0.2) is 49.1 Å². The molecular formula is C18H18ClN5O. The first-order chi connectivity index (χ1) is 12.2. The summed E-state index contributed by atoms with van der Waals surface area (Å²) in [5.74, 6) is 0.667. The molecule has 3 aromatic rings. The van der Waals surface area contributed by atoms with E-state index in [1.165, 1.54) is 11.9 Å². The normalized spacial score (nSPS) is 20.5. The van der Waals surface area contributed by atoms with E-state index in [-0.39, 0.29) is 12.1 Å². The van der Waals surface area contributed by atoms with Crippen LogP contribution in [0.5, 0.6) is 0 Å². The highest BCUT2D eigenvalue weighted by atomic mass is 35.5. The molecule has 0 radical (unpaired) electrons. The fraction of sp³-hybridized carbons (Fsp3) is 0.278. The summed E-state index contributed by atoms with van der Waals surface area (Å²) in [6, 6.07) is 9.69. The van der Waals surface area contributed by atoms with Crippen molar-refractivity contribution in [1.82, 2.24) is 19.7 Å². The first-order valence-electron chi connectivity index (χ1n) is 8.20. The highest BCUT2D eigenvalue weighted by Crippen LogP contribution is 2.38. The molecule has 7 heteroatoms. The largest absolute Gasteiger partial charge is 0.384 e.